The third-order valence-electron chi connectivity index (χ3n) is 14.5. The second-order valence-electron chi connectivity index (χ2n) is 22.0. The average Bonchev–Trinajstić information content (AvgIpc) is 3.40. The van der Waals surface area contributed by atoms with Gasteiger partial charge in [-0.25, -0.2) is 0 Å². The zero-order chi connectivity index (χ0) is 53.6. The molecule has 432 valence electrons. The maximum Gasteiger partial charge on any atom is 0.306 e. The normalized spacial score (nSPS) is 12.3. The van der Waals surface area contributed by atoms with Gasteiger partial charge >= 0.3 is 17.9 Å². The minimum atomic E-state index is -0.783. The van der Waals surface area contributed by atoms with Crippen molar-refractivity contribution < 1.29 is 28.6 Å². The highest BCUT2D eigenvalue weighted by molar-refractivity contribution is 5.71. The minimum absolute atomic E-state index is 0.0786. The summed E-state index contributed by atoms with van der Waals surface area (Å²) < 4.78 is 16.9. The third kappa shape index (κ3) is 60.2. The van der Waals surface area contributed by atoms with Crippen LogP contribution in [0.15, 0.2) is 48.6 Å². The summed E-state index contributed by atoms with van der Waals surface area (Å²) in [5, 5.41) is 0. The molecule has 6 heteroatoms. The third-order valence-corrected chi connectivity index (χ3v) is 14.5. The summed E-state index contributed by atoms with van der Waals surface area (Å²) in [6.45, 7) is 6.64. The van der Waals surface area contributed by atoms with Crippen molar-refractivity contribution in [3.8, 4) is 0 Å². The molecule has 0 bridgehead atoms. The van der Waals surface area contributed by atoms with E-state index in [2.05, 4.69) is 69.4 Å². The summed E-state index contributed by atoms with van der Waals surface area (Å²) in [6, 6.07) is 0. The Morgan fingerprint density at radius 1 is 0.270 bits per heavy atom. The fourth-order valence-corrected chi connectivity index (χ4v) is 9.58. The number of carbonyl (C=O) groups excluding carboxylic acids is 3. The number of esters is 3. The lowest BCUT2D eigenvalue weighted by Crippen LogP contribution is -2.30. The lowest BCUT2D eigenvalue weighted by atomic mass is 10.0. The van der Waals surface area contributed by atoms with E-state index in [1.54, 1.807) is 0 Å². The minimum Gasteiger partial charge on any atom is -0.462 e. The van der Waals surface area contributed by atoms with E-state index in [1.165, 1.54) is 225 Å². The molecule has 6 nitrogen and oxygen atoms in total. The van der Waals surface area contributed by atoms with Gasteiger partial charge in [0.1, 0.15) is 13.2 Å². The average molecular weight is 1040 g/mol. The van der Waals surface area contributed by atoms with Crippen molar-refractivity contribution in [3.63, 3.8) is 0 Å². The molecule has 0 fully saturated rings. The monoisotopic (exact) mass is 1040 g/mol. The van der Waals surface area contributed by atoms with Crippen LogP contribution in [-0.2, 0) is 28.6 Å². The zero-order valence-electron chi connectivity index (χ0n) is 49.6. The van der Waals surface area contributed by atoms with E-state index in [-0.39, 0.29) is 31.1 Å². The van der Waals surface area contributed by atoms with Gasteiger partial charge in [0.2, 0.25) is 0 Å². The standard InChI is InChI=1S/C68H124O6/c1-4-7-10-13-16-19-22-25-28-30-31-32-33-34-35-36-37-38-41-43-46-49-52-55-58-61-67(70)73-64-65(63-72-66(69)60-57-54-51-48-45-42-39-27-24-21-18-15-12-9-6-3)74-68(71)62-59-56-53-50-47-44-40-29-26-23-20-17-14-11-8-5-2/h18,21,27,29-31,39-40,65H,4-17,19-20,22-26,28,32-38,41-64H2,1-3H3/b21-18-,31-30-,39-27-,40-29-. The smallest absolute Gasteiger partial charge is 0.306 e. The molecule has 0 aliphatic heterocycles. The highest BCUT2D eigenvalue weighted by atomic mass is 16.6. The van der Waals surface area contributed by atoms with Gasteiger partial charge in [0.05, 0.1) is 0 Å². The summed E-state index contributed by atoms with van der Waals surface area (Å²) in [4.78, 5) is 38.3. The Morgan fingerprint density at radius 3 is 0.784 bits per heavy atom. The van der Waals surface area contributed by atoms with E-state index in [4.69, 9.17) is 14.2 Å². The number of carbonyl (C=O) groups is 3. The fourth-order valence-electron chi connectivity index (χ4n) is 9.58. The van der Waals surface area contributed by atoms with Gasteiger partial charge in [-0.05, 0) is 103 Å². The maximum absolute atomic E-state index is 12.9. The van der Waals surface area contributed by atoms with Crippen molar-refractivity contribution in [2.75, 3.05) is 13.2 Å². The highest BCUT2D eigenvalue weighted by Crippen LogP contribution is 2.17. The number of rotatable bonds is 60. The van der Waals surface area contributed by atoms with Crippen LogP contribution in [0, 0.1) is 0 Å². The summed E-state index contributed by atoms with van der Waals surface area (Å²) in [5.74, 6) is -0.882. The first kappa shape index (κ1) is 71.4. The van der Waals surface area contributed by atoms with Gasteiger partial charge in [0, 0.05) is 19.3 Å². The largest absolute Gasteiger partial charge is 0.462 e. The van der Waals surface area contributed by atoms with Crippen LogP contribution in [0.3, 0.4) is 0 Å². The molecule has 0 amide bonds. The molecule has 0 rings (SSSR count). The van der Waals surface area contributed by atoms with Crippen molar-refractivity contribution >= 4 is 17.9 Å². The first-order valence-corrected chi connectivity index (χ1v) is 32.6. The highest BCUT2D eigenvalue weighted by Gasteiger charge is 2.19. The van der Waals surface area contributed by atoms with Crippen LogP contribution in [0.5, 0.6) is 0 Å². The van der Waals surface area contributed by atoms with E-state index < -0.39 is 6.10 Å². The molecule has 0 saturated heterocycles. The molecule has 0 aromatic rings. The SMILES string of the molecule is CCCCC/C=C\C/C=C\CCCCCCCC(=O)OCC(COC(=O)CCCCCCCCCCCCCCC/C=C\CCCCCCCCCC)OC(=O)CCCCCCC/C=C\CCCCCCCCC. The number of hydrogen-bond donors (Lipinski definition) is 0. The molecule has 1 unspecified atom stereocenters. The van der Waals surface area contributed by atoms with Crippen molar-refractivity contribution in [2.45, 2.75) is 354 Å². The number of unbranched alkanes of at least 4 members (excludes halogenated alkanes) is 41. The van der Waals surface area contributed by atoms with E-state index in [0.717, 1.165) is 83.5 Å². The maximum atomic E-state index is 12.9. The van der Waals surface area contributed by atoms with Gasteiger partial charge in [-0.2, -0.15) is 0 Å². The molecule has 0 N–H and O–H groups in total. The molecular formula is C68H124O6. The van der Waals surface area contributed by atoms with E-state index in [0.29, 0.717) is 19.3 Å². The van der Waals surface area contributed by atoms with Crippen molar-refractivity contribution in [3.05, 3.63) is 48.6 Å². The predicted molar refractivity (Wildman–Crippen MR) is 321 cm³/mol. The first-order valence-electron chi connectivity index (χ1n) is 32.6. The molecule has 0 radical (unpaired) electrons. The Kier molecular flexibility index (Phi) is 60.7. The summed E-state index contributed by atoms with van der Waals surface area (Å²) in [5.41, 5.74) is 0. The Bertz CT molecular complexity index is 1280. The Hall–Kier alpha value is -2.63. The van der Waals surface area contributed by atoms with Crippen LogP contribution < -0.4 is 0 Å². The van der Waals surface area contributed by atoms with Crippen LogP contribution in [0.2, 0.25) is 0 Å². The molecule has 0 aromatic heterocycles. The van der Waals surface area contributed by atoms with E-state index in [1.807, 2.05) is 0 Å². The van der Waals surface area contributed by atoms with Crippen LogP contribution in [-0.4, -0.2) is 37.2 Å². The van der Waals surface area contributed by atoms with Gasteiger partial charge in [-0.15, -0.1) is 0 Å². The van der Waals surface area contributed by atoms with Crippen molar-refractivity contribution in [2.24, 2.45) is 0 Å². The molecule has 0 aliphatic carbocycles. The van der Waals surface area contributed by atoms with Crippen LogP contribution in [0.25, 0.3) is 0 Å². The van der Waals surface area contributed by atoms with Crippen LogP contribution >= 0.6 is 0 Å². The Morgan fingerprint density at radius 2 is 0.486 bits per heavy atom. The number of ether oxygens (including phenoxy) is 3. The van der Waals surface area contributed by atoms with Crippen LogP contribution in [0.4, 0.5) is 0 Å². The molecular weight excluding hydrogens is 913 g/mol. The van der Waals surface area contributed by atoms with E-state index >= 15 is 0 Å². The second-order valence-corrected chi connectivity index (χ2v) is 22.0. The van der Waals surface area contributed by atoms with Gasteiger partial charge in [-0.3, -0.25) is 14.4 Å². The molecule has 0 aromatic carbocycles. The lowest BCUT2D eigenvalue weighted by Gasteiger charge is -2.18. The van der Waals surface area contributed by atoms with Gasteiger partial charge in [-0.1, -0.05) is 275 Å². The summed E-state index contributed by atoms with van der Waals surface area (Å²) in [6.07, 6.45) is 78.4. The van der Waals surface area contributed by atoms with Gasteiger partial charge < -0.3 is 14.2 Å². The van der Waals surface area contributed by atoms with Gasteiger partial charge in [0.25, 0.3) is 0 Å². The van der Waals surface area contributed by atoms with Crippen molar-refractivity contribution in [1.82, 2.24) is 0 Å². The van der Waals surface area contributed by atoms with Crippen molar-refractivity contribution in [1.29, 1.82) is 0 Å². The predicted octanol–water partition coefficient (Wildman–Crippen LogP) is 22.2. The zero-order valence-corrected chi connectivity index (χ0v) is 49.6. The summed E-state index contributed by atoms with van der Waals surface area (Å²) >= 11 is 0. The molecule has 0 saturated carbocycles. The number of hydrogen-bond acceptors (Lipinski definition) is 6. The Labute approximate surface area is 460 Å². The fraction of sp³-hybridized carbons (Fsp3) is 0.838. The summed E-state index contributed by atoms with van der Waals surface area (Å²) in [7, 11) is 0. The lowest BCUT2D eigenvalue weighted by molar-refractivity contribution is -0.167. The molecule has 74 heavy (non-hydrogen) atoms. The van der Waals surface area contributed by atoms with Crippen LogP contribution in [0.1, 0.15) is 348 Å². The van der Waals surface area contributed by atoms with Gasteiger partial charge in [0.15, 0.2) is 6.10 Å². The number of allylic oxidation sites excluding steroid dienone is 8. The quantitative estimate of drug-likeness (QED) is 0.0261. The molecule has 0 heterocycles. The molecule has 0 spiro atoms. The topological polar surface area (TPSA) is 78.9 Å². The Balaban J connectivity index is 4.29. The second kappa shape index (κ2) is 62.9. The van der Waals surface area contributed by atoms with E-state index in [9.17, 15) is 14.4 Å². The first-order chi connectivity index (χ1) is 36.5. The molecule has 0 aliphatic rings. The molecule has 1 atom stereocenters.